The van der Waals surface area contributed by atoms with Crippen molar-refractivity contribution in [1.82, 2.24) is 31.9 Å². The molecule has 6 amide bonds. The van der Waals surface area contributed by atoms with Gasteiger partial charge in [0.1, 0.15) is 37.4 Å². The Bertz CT molecular complexity index is 1820. The summed E-state index contributed by atoms with van der Waals surface area (Å²) in [6.45, 7) is 7.12. The lowest BCUT2D eigenvalue weighted by Gasteiger charge is -2.26. The Labute approximate surface area is 351 Å². The first kappa shape index (κ1) is 46.0. The molecule has 0 bridgehead atoms. The second-order valence-electron chi connectivity index (χ2n) is 14.9. The largest absolute Gasteiger partial charge is 0.445 e. The van der Waals surface area contributed by atoms with Crippen molar-refractivity contribution < 1.29 is 38.2 Å². The topological polar surface area (TPSA) is 193 Å². The fraction of sp³-hybridized carbons (Fsp3) is 0.348. The molecule has 0 fully saturated rings. The molecule has 0 aliphatic carbocycles. The minimum absolute atomic E-state index is 0.00115. The molecule has 60 heavy (non-hydrogen) atoms. The van der Waals surface area contributed by atoms with Gasteiger partial charge in [0.2, 0.25) is 23.6 Å². The average Bonchev–Trinajstić information content (AvgIpc) is 3.25. The van der Waals surface area contributed by atoms with Crippen molar-refractivity contribution in [3.05, 3.63) is 144 Å². The van der Waals surface area contributed by atoms with Crippen LogP contribution in [0.15, 0.2) is 121 Å². The zero-order valence-electron chi connectivity index (χ0n) is 34.5. The van der Waals surface area contributed by atoms with Crippen molar-refractivity contribution >= 4 is 35.8 Å². The highest BCUT2D eigenvalue weighted by molar-refractivity contribution is 5.92. The Morgan fingerprint density at radius 3 is 1.02 bits per heavy atom. The smallest absolute Gasteiger partial charge is 0.408 e. The lowest BCUT2D eigenvalue weighted by atomic mass is 10.0. The number of alkyl carbamates (subject to hydrolysis) is 2. The number of benzene rings is 4. The number of amides is 6. The van der Waals surface area contributed by atoms with E-state index in [0.29, 0.717) is 0 Å². The zero-order chi connectivity index (χ0) is 43.3. The van der Waals surface area contributed by atoms with Crippen molar-refractivity contribution in [2.24, 2.45) is 11.8 Å². The van der Waals surface area contributed by atoms with E-state index in [4.69, 9.17) is 9.47 Å². The average molecular weight is 821 g/mol. The van der Waals surface area contributed by atoms with Crippen LogP contribution < -0.4 is 31.9 Å². The highest BCUT2D eigenvalue weighted by atomic mass is 16.6. The van der Waals surface area contributed by atoms with Crippen molar-refractivity contribution in [1.29, 1.82) is 0 Å². The van der Waals surface area contributed by atoms with Crippen LogP contribution in [-0.4, -0.2) is 73.1 Å². The summed E-state index contributed by atoms with van der Waals surface area (Å²) in [5, 5.41) is 16.4. The molecule has 4 aromatic rings. The summed E-state index contributed by atoms with van der Waals surface area (Å²) >= 11 is 0. The van der Waals surface area contributed by atoms with Crippen LogP contribution in [0.4, 0.5) is 9.59 Å². The summed E-state index contributed by atoms with van der Waals surface area (Å²) in [5.41, 5.74) is 3.16. The fourth-order valence-corrected chi connectivity index (χ4v) is 6.11. The molecule has 0 aromatic heterocycles. The molecule has 6 N–H and O–H groups in total. The van der Waals surface area contributed by atoms with Crippen LogP contribution in [0.5, 0.6) is 0 Å². The van der Waals surface area contributed by atoms with Gasteiger partial charge < -0.3 is 41.4 Å². The summed E-state index contributed by atoms with van der Waals surface area (Å²) in [5.74, 6) is -2.82. The van der Waals surface area contributed by atoms with Gasteiger partial charge in [-0.25, -0.2) is 9.59 Å². The molecular weight excluding hydrogens is 765 g/mol. The zero-order valence-corrected chi connectivity index (χ0v) is 34.5. The molecule has 4 rings (SSSR count). The van der Waals surface area contributed by atoms with Gasteiger partial charge >= 0.3 is 12.2 Å². The number of carbonyl (C=O) groups is 6. The third-order valence-corrected chi connectivity index (χ3v) is 9.43. The molecule has 0 saturated carbocycles. The van der Waals surface area contributed by atoms with E-state index in [1.54, 1.807) is 27.7 Å². The molecule has 4 aromatic carbocycles. The van der Waals surface area contributed by atoms with Gasteiger partial charge in [-0.3, -0.25) is 19.2 Å². The van der Waals surface area contributed by atoms with Crippen molar-refractivity contribution in [3.8, 4) is 0 Å². The van der Waals surface area contributed by atoms with E-state index < -0.39 is 60.0 Å². The van der Waals surface area contributed by atoms with Crippen LogP contribution in [0.3, 0.4) is 0 Å². The maximum Gasteiger partial charge on any atom is 0.408 e. The molecule has 0 aliphatic heterocycles. The molecule has 0 heterocycles. The van der Waals surface area contributed by atoms with Crippen molar-refractivity contribution in [3.63, 3.8) is 0 Å². The molecule has 14 nitrogen and oxygen atoms in total. The van der Waals surface area contributed by atoms with Crippen LogP contribution in [0, 0.1) is 11.8 Å². The summed E-state index contributed by atoms with van der Waals surface area (Å²) in [6.07, 6.45) is -1.23. The molecule has 318 valence electrons. The first-order valence-electron chi connectivity index (χ1n) is 20.1. The summed E-state index contributed by atoms with van der Waals surface area (Å²) < 4.78 is 10.7. The Kier molecular flexibility index (Phi) is 18.6. The first-order chi connectivity index (χ1) is 28.9. The molecular formula is C46H56N6O8. The summed E-state index contributed by atoms with van der Waals surface area (Å²) in [4.78, 5) is 79.8. The molecule has 0 unspecified atom stereocenters. The Hall–Kier alpha value is -6.70. The molecule has 0 aliphatic rings. The van der Waals surface area contributed by atoms with E-state index in [1.165, 1.54) is 0 Å². The van der Waals surface area contributed by atoms with Gasteiger partial charge in [0, 0.05) is 25.9 Å². The van der Waals surface area contributed by atoms with E-state index in [9.17, 15) is 28.8 Å². The number of hydrogen-bond acceptors (Lipinski definition) is 8. The predicted molar refractivity (Wildman–Crippen MR) is 227 cm³/mol. The number of ether oxygens (including phenoxy) is 2. The lowest BCUT2D eigenvalue weighted by Crippen LogP contribution is -2.57. The number of hydrogen-bond donors (Lipinski definition) is 6. The van der Waals surface area contributed by atoms with Crippen LogP contribution >= 0.6 is 0 Å². The molecule has 0 saturated heterocycles. The van der Waals surface area contributed by atoms with Crippen LogP contribution in [-0.2, 0) is 54.7 Å². The maximum atomic E-state index is 13.6. The van der Waals surface area contributed by atoms with E-state index in [1.807, 2.05) is 121 Å². The summed E-state index contributed by atoms with van der Waals surface area (Å²) in [6, 6.07) is 32.5. The highest BCUT2D eigenvalue weighted by Crippen LogP contribution is 2.10. The lowest BCUT2D eigenvalue weighted by molar-refractivity contribution is -0.131. The Morgan fingerprint density at radius 2 is 0.717 bits per heavy atom. The van der Waals surface area contributed by atoms with Gasteiger partial charge in [-0.15, -0.1) is 0 Å². The first-order valence-corrected chi connectivity index (χ1v) is 20.1. The van der Waals surface area contributed by atoms with E-state index >= 15 is 0 Å². The number of carbonyl (C=O) groups excluding carboxylic acids is 6. The Morgan fingerprint density at radius 1 is 0.417 bits per heavy atom. The normalized spacial score (nSPS) is 12.8. The predicted octanol–water partition coefficient (Wildman–Crippen LogP) is 4.58. The minimum atomic E-state index is -1.02. The van der Waals surface area contributed by atoms with E-state index in [0.717, 1.165) is 22.3 Å². The van der Waals surface area contributed by atoms with E-state index in [2.05, 4.69) is 31.9 Å². The third-order valence-electron chi connectivity index (χ3n) is 9.43. The quantitative estimate of drug-likeness (QED) is 0.0659. The van der Waals surface area contributed by atoms with Gasteiger partial charge in [-0.2, -0.15) is 0 Å². The van der Waals surface area contributed by atoms with Gasteiger partial charge in [0.25, 0.3) is 0 Å². The third kappa shape index (κ3) is 15.9. The maximum absolute atomic E-state index is 13.6. The van der Waals surface area contributed by atoms with Gasteiger partial charge in [-0.1, -0.05) is 149 Å². The van der Waals surface area contributed by atoms with Crippen LogP contribution in [0.1, 0.15) is 49.9 Å². The van der Waals surface area contributed by atoms with Gasteiger partial charge in [-0.05, 0) is 34.1 Å². The van der Waals surface area contributed by atoms with Crippen LogP contribution in [0.25, 0.3) is 0 Å². The van der Waals surface area contributed by atoms with Crippen molar-refractivity contribution in [2.75, 3.05) is 13.1 Å². The molecule has 0 radical (unpaired) electrons. The number of nitrogens with one attached hydrogen (secondary N) is 6. The van der Waals surface area contributed by atoms with Crippen LogP contribution in [0.2, 0.25) is 0 Å². The van der Waals surface area contributed by atoms with E-state index in [-0.39, 0.29) is 51.0 Å². The second kappa shape index (κ2) is 24.3. The van der Waals surface area contributed by atoms with Gasteiger partial charge in [0.15, 0.2) is 0 Å². The van der Waals surface area contributed by atoms with Crippen molar-refractivity contribution in [2.45, 2.75) is 77.9 Å². The summed E-state index contributed by atoms with van der Waals surface area (Å²) in [7, 11) is 0. The highest BCUT2D eigenvalue weighted by Gasteiger charge is 2.31. The fourth-order valence-electron chi connectivity index (χ4n) is 6.11. The molecule has 14 heteroatoms. The second-order valence-corrected chi connectivity index (χ2v) is 14.9. The monoisotopic (exact) mass is 820 g/mol. The minimum Gasteiger partial charge on any atom is -0.445 e. The standard InChI is InChI=1S/C46H56N6O8/c1-31(2)39(51-45(57)59-29-35-21-13-7-14-22-35)43(55)49-37(27-33-17-9-5-10-18-33)41(53)47-25-26-48-42(54)38(28-34-19-11-6-12-20-34)50-44(56)40(32(3)4)52-46(58)60-30-36-23-15-8-16-24-36/h5-24,31-32,37-40H,25-30H2,1-4H3,(H,47,53)(H,48,54)(H,49,55)(H,50,56)(H,51,57)(H,52,58)/t37-,38-,39-,40+/m0/s1. The number of rotatable bonds is 21. The Balaban J connectivity index is 1.36. The SMILES string of the molecule is CC(C)[C@H](NC(=O)OCc1ccccc1)C(=O)N[C@@H](Cc1ccccc1)C(=O)NCCNC(=O)[C@H](Cc1ccccc1)NC(=O)[C@H](NC(=O)OCc1ccccc1)C(C)C. The molecule has 4 atom stereocenters. The van der Waals surface area contributed by atoms with Gasteiger partial charge in [0.05, 0.1) is 0 Å². The molecule has 0 spiro atoms.